The van der Waals surface area contributed by atoms with Crippen molar-refractivity contribution in [2.45, 2.75) is 34.4 Å². The fourth-order valence-corrected chi connectivity index (χ4v) is 2.18. The van der Waals surface area contributed by atoms with Crippen LogP contribution in [0.1, 0.15) is 35.7 Å². The molecule has 0 fully saturated rings. The summed E-state index contributed by atoms with van der Waals surface area (Å²) in [6, 6.07) is 1.72. The predicted octanol–water partition coefficient (Wildman–Crippen LogP) is 2.35. The van der Waals surface area contributed by atoms with Crippen molar-refractivity contribution in [1.82, 2.24) is 24.9 Å². The number of amides is 1. The first kappa shape index (κ1) is 15.8. The summed E-state index contributed by atoms with van der Waals surface area (Å²) in [4.78, 5) is 11.9. The van der Waals surface area contributed by atoms with Crippen LogP contribution in [-0.2, 0) is 6.67 Å². The maximum atomic E-state index is 11.9. The first-order valence-electron chi connectivity index (χ1n) is 6.89. The van der Waals surface area contributed by atoms with E-state index in [0.717, 1.165) is 15.9 Å². The van der Waals surface area contributed by atoms with Crippen molar-refractivity contribution in [2.75, 3.05) is 6.54 Å². The summed E-state index contributed by atoms with van der Waals surface area (Å²) in [7, 11) is 0. The molecule has 21 heavy (non-hydrogen) atoms. The third kappa shape index (κ3) is 3.72. The zero-order valence-electron chi connectivity index (χ0n) is 12.7. The number of aryl methyl sites for hydroxylation is 1. The number of hydrogen-bond acceptors (Lipinski definition) is 3. The molecule has 1 N–H and O–H groups in total. The van der Waals surface area contributed by atoms with E-state index in [9.17, 15) is 4.79 Å². The molecular formula is C14H20BrN5O. The molecule has 0 aromatic carbocycles. The summed E-state index contributed by atoms with van der Waals surface area (Å²) in [6.07, 6.45) is 1.79. The Morgan fingerprint density at radius 1 is 1.38 bits per heavy atom. The molecule has 2 heterocycles. The molecule has 2 rings (SSSR count). The fourth-order valence-electron chi connectivity index (χ4n) is 1.90. The van der Waals surface area contributed by atoms with Gasteiger partial charge in [0.2, 0.25) is 0 Å². The minimum absolute atomic E-state index is 0.142. The van der Waals surface area contributed by atoms with Crippen LogP contribution >= 0.6 is 15.9 Å². The normalized spacial score (nSPS) is 11.1. The lowest BCUT2D eigenvalue weighted by Crippen LogP contribution is -2.27. The topological polar surface area (TPSA) is 64.7 Å². The predicted molar refractivity (Wildman–Crippen MR) is 84.2 cm³/mol. The minimum Gasteiger partial charge on any atom is -0.350 e. The van der Waals surface area contributed by atoms with Gasteiger partial charge in [0, 0.05) is 12.7 Å². The average Bonchev–Trinajstić information content (AvgIpc) is 2.98. The highest BCUT2D eigenvalue weighted by Crippen LogP contribution is 2.19. The van der Waals surface area contributed by atoms with Gasteiger partial charge in [-0.05, 0) is 41.8 Å². The van der Waals surface area contributed by atoms with Crippen LogP contribution in [0.2, 0.25) is 0 Å². The Labute approximate surface area is 132 Å². The highest BCUT2D eigenvalue weighted by Gasteiger charge is 2.12. The van der Waals surface area contributed by atoms with Crippen molar-refractivity contribution in [3.8, 4) is 0 Å². The number of carbonyl (C=O) groups is 1. The van der Waals surface area contributed by atoms with E-state index in [1.54, 1.807) is 16.9 Å². The van der Waals surface area contributed by atoms with Gasteiger partial charge in [0.05, 0.1) is 15.9 Å². The monoisotopic (exact) mass is 353 g/mol. The number of aromatic nitrogens is 4. The smallest absolute Gasteiger partial charge is 0.271 e. The zero-order valence-corrected chi connectivity index (χ0v) is 14.3. The van der Waals surface area contributed by atoms with Crippen LogP contribution in [0, 0.1) is 19.8 Å². The van der Waals surface area contributed by atoms with E-state index in [-0.39, 0.29) is 5.91 Å². The van der Waals surface area contributed by atoms with Crippen molar-refractivity contribution in [2.24, 2.45) is 5.92 Å². The van der Waals surface area contributed by atoms with Crippen LogP contribution in [-0.4, -0.2) is 32.0 Å². The molecule has 7 heteroatoms. The summed E-state index contributed by atoms with van der Waals surface area (Å²) < 4.78 is 4.56. The number of nitrogens with zero attached hydrogens (tertiary/aromatic N) is 4. The second-order valence-electron chi connectivity index (χ2n) is 5.47. The van der Waals surface area contributed by atoms with E-state index in [0.29, 0.717) is 24.8 Å². The second-order valence-corrected chi connectivity index (χ2v) is 6.26. The van der Waals surface area contributed by atoms with Crippen LogP contribution < -0.4 is 5.32 Å². The Morgan fingerprint density at radius 2 is 2.10 bits per heavy atom. The second kappa shape index (κ2) is 6.43. The van der Waals surface area contributed by atoms with Crippen LogP contribution in [0.4, 0.5) is 0 Å². The summed E-state index contributed by atoms with van der Waals surface area (Å²) >= 11 is 3.50. The zero-order chi connectivity index (χ0) is 15.6. The molecule has 0 atom stereocenters. The Morgan fingerprint density at radius 3 is 2.67 bits per heavy atom. The Hall–Kier alpha value is -1.63. The van der Waals surface area contributed by atoms with E-state index < -0.39 is 0 Å². The third-order valence-corrected chi connectivity index (χ3v) is 4.26. The molecule has 2 aromatic heterocycles. The van der Waals surface area contributed by atoms with E-state index in [1.807, 2.05) is 18.5 Å². The maximum absolute atomic E-state index is 11.9. The molecule has 0 spiro atoms. The molecule has 0 saturated heterocycles. The maximum Gasteiger partial charge on any atom is 0.271 e. The van der Waals surface area contributed by atoms with E-state index in [1.165, 1.54) is 0 Å². The number of rotatable bonds is 5. The number of carbonyl (C=O) groups excluding carboxylic acids is 1. The lowest BCUT2D eigenvalue weighted by Gasteiger charge is -2.06. The Balaban J connectivity index is 2.06. The van der Waals surface area contributed by atoms with Gasteiger partial charge >= 0.3 is 0 Å². The first-order valence-corrected chi connectivity index (χ1v) is 7.69. The molecule has 1 amide bonds. The molecule has 0 saturated carbocycles. The quantitative estimate of drug-likeness (QED) is 0.897. The first-order chi connectivity index (χ1) is 9.88. The summed E-state index contributed by atoms with van der Waals surface area (Å²) in [5.41, 5.74) is 2.40. The van der Waals surface area contributed by atoms with Gasteiger partial charge in [0.1, 0.15) is 12.4 Å². The lowest BCUT2D eigenvalue weighted by atomic mass is 10.2. The van der Waals surface area contributed by atoms with Crippen molar-refractivity contribution in [3.63, 3.8) is 0 Å². The molecule has 0 radical (unpaired) electrons. The van der Waals surface area contributed by atoms with E-state index in [4.69, 9.17) is 0 Å². The van der Waals surface area contributed by atoms with Gasteiger partial charge in [-0.3, -0.25) is 9.48 Å². The van der Waals surface area contributed by atoms with Gasteiger partial charge in [-0.15, -0.1) is 0 Å². The van der Waals surface area contributed by atoms with Gasteiger partial charge in [0.15, 0.2) is 0 Å². The minimum atomic E-state index is -0.142. The largest absolute Gasteiger partial charge is 0.350 e. The Kier molecular flexibility index (Phi) is 4.82. The highest BCUT2D eigenvalue weighted by molar-refractivity contribution is 9.10. The number of hydrogen-bond donors (Lipinski definition) is 1. The molecule has 0 unspecified atom stereocenters. The Bertz CT molecular complexity index is 644. The highest BCUT2D eigenvalue weighted by atomic mass is 79.9. The lowest BCUT2D eigenvalue weighted by molar-refractivity contribution is 0.0943. The molecule has 0 aliphatic heterocycles. The number of halogens is 1. The SMILES string of the molecule is Cc1nn(Cn2ccc(C(=O)NCC(C)C)n2)c(C)c1Br. The molecule has 114 valence electrons. The van der Waals surface area contributed by atoms with Crippen LogP contribution in [0.25, 0.3) is 0 Å². The van der Waals surface area contributed by atoms with Gasteiger partial charge < -0.3 is 5.32 Å². The van der Waals surface area contributed by atoms with Gasteiger partial charge in [-0.25, -0.2) is 4.68 Å². The van der Waals surface area contributed by atoms with E-state index in [2.05, 4.69) is 45.3 Å². The summed E-state index contributed by atoms with van der Waals surface area (Å²) in [5.74, 6) is 0.278. The van der Waals surface area contributed by atoms with Crippen molar-refractivity contribution in [3.05, 3.63) is 33.8 Å². The van der Waals surface area contributed by atoms with Crippen LogP contribution in [0.3, 0.4) is 0 Å². The van der Waals surface area contributed by atoms with Crippen LogP contribution in [0.5, 0.6) is 0 Å². The number of nitrogens with one attached hydrogen (secondary N) is 1. The fraction of sp³-hybridized carbons (Fsp3) is 0.500. The third-order valence-electron chi connectivity index (χ3n) is 3.12. The van der Waals surface area contributed by atoms with Gasteiger partial charge in [0.25, 0.3) is 5.91 Å². The molecular weight excluding hydrogens is 334 g/mol. The van der Waals surface area contributed by atoms with Crippen LogP contribution in [0.15, 0.2) is 16.7 Å². The van der Waals surface area contributed by atoms with Gasteiger partial charge in [-0.1, -0.05) is 13.8 Å². The van der Waals surface area contributed by atoms with Gasteiger partial charge in [-0.2, -0.15) is 10.2 Å². The average molecular weight is 354 g/mol. The summed E-state index contributed by atoms with van der Waals surface area (Å²) in [6.45, 7) is 9.18. The standard InChI is InChI=1S/C14H20BrN5O/c1-9(2)7-16-14(21)12-5-6-19(18-12)8-20-11(4)13(15)10(3)17-20/h5-6,9H,7-8H2,1-4H3,(H,16,21). The van der Waals surface area contributed by atoms with E-state index >= 15 is 0 Å². The molecule has 0 bridgehead atoms. The molecule has 0 aliphatic carbocycles. The molecule has 0 aliphatic rings. The molecule has 6 nitrogen and oxygen atoms in total. The van der Waals surface area contributed by atoms with Crippen molar-refractivity contribution in [1.29, 1.82) is 0 Å². The summed E-state index contributed by atoms with van der Waals surface area (Å²) in [5, 5.41) is 11.6. The molecule has 2 aromatic rings. The van der Waals surface area contributed by atoms with Crippen molar-refractivity contribution < 1.29 is 4.79 Å². The van der Waals surface area contributed by atoms with Crippen molar-refractivity contribution >= 4 is 21.8 Å².